The van der Waals surface area contributed by atoms with Crippen LogP contribution < -0.4 is 14.8 Å². The van der Waals surface area contributed by atoms with Crippen LogP contribution in [-0.2, 0) is 6.54 Å². The van der Waals surface area contributed by atoms with E-state index in [1.54, 1.807) is 14.2 Å². The van der Waals surface area contributed by atoms with Crippen LogP contribution >= 0.6 is 15.9 Å². The Labute approximate surface area is 164 Å². The third-order valence-electron chi connectivity index (χ3n) is 4.97. The third kappa shape index (κ3) is 4.78. The van der Waals surface area contributed by atoms with Gasteiger partial charge in [0.05, 0.1) is 18.7 Å². The summed E-state index contributed by atoms with van der Waals surface area (Å²) in [4.78, 5) is 2.58. The molecule has 0 aliphatic carbocycles. The molecule has 1 unspecified atom stereocenters. The first kappa shape index (κ1) is 19.2. The number of hydrogen-bond donors (Lipinski definition) is 1. The Morgan fingerprint density at radius 3 is 2.38 bits per heavy atom. The van der Waals surface area contributed by atoms with Gasteiger partial charge in [-0.05, 0) is 77.3 Å². The van der Waals surface area contributed by atoms with Crippen LogP contribution in [0.1, 0.15) is 30.0 Å². The summed E-state index contributed by atoms with van der Waals surface area (Å²) in [6.07, 6.45) is 2.58. The third-order valence-corrected chi connectivity index (χ3v) is 5.58. The van der Waals surface area contributed by atoms with Gasteiger partial charge in [0.25, 0.3) is 0 Å². The molecular weight excluding hydrogens is 392 g/mol. The van der Waals surface area contributed by atoms with Crippen molar-refractivity contribution in [2.75, 3.05) is 33.9 Å². The normalized spacial score (nSPS) is 15.8. The summed E-state index contributed by atoms with van der Waals surface area (Å²) in [5, 5.41) is 3.64. The molecule has 0 saturated carbocycles. The average Bonchev–Trinajstić information content (AvgIpc) is 3.20. The van der Waals surface area contributed by atoms with Gasteiger partial charge in [-0.15, -0.1) is 0 Å². The van der Waals surface area contributed by atoms with E-state index < -0.39 is 0 Å². The molecule has 1 aliphatic heterocycles. The first-order valence-electron chi connectivity index (χ1n) is 9.12. The minimum absolute atomic E-state index is 0.394. The molecule has 0 amide bonds. The molecule has 4 nitrogen and oxygen atoms in total. The topological polar surface area (TPSA) is 33.7 Å². The molecule has 140 valence electrons. The summed E-state index contributed by atoms with van der Waals surface area (Å²) >= 11 is 3.56. The van der Waals surface area contributed by atoms with Crippen molar-refractivity contribution in [2.45, 2.75) is 25.4 Å². The largest absolute Gasteiger partial charge is 0.497 e. The number of rotatable bonds is 8. The number of nitrogens with zero attached hydrogens (tertiary/aromatic N) is 1. The maximum absolute atomic E-state index is 5.30. The van der Waals surface area contributed by atoms with Gasteiger partial charge in [0.2, 0.25) is 0 Å². The average molecular weight is 419 g/mol. The van der Waals surface area contributed by atoms with E-state index in [1.165, 1.54) is 37.1 Å². The lowest BCUT2D eigenvalue weighted by Gasteiger charge is -2.28. The minimum Gasteiger partial charge on any atom is -0.497 e. The van der Waals surface area contributed by atoms with Crippen LogP contribution in [0.5, 0.6) is 11.5 Å². The SMILES string of the molecule is COc1ccc(C(CNCc2ccc(OC)c(Br)c2)N2CCCC2)cc1. The van der Waals surface area contributed by atoms with Gasteiger partial charge < -0.3 is 14.8 Å². The molecule has 1 atom stereocenters. The molecule has 0 radical (unpaired) electrons. The van der Waals surface area contributed by atoms with Crippen molar-refractivity contribution in [3.8, 4) is 11.5 Å². The summed E-state index contributed by atoms with van der Waals surface area (Å²) in [5.41, 5.74) is 2.59. The number of benzene rings is 2. The maximum atomic E-state index is 5.30. The first-order valence-corrected chi connectivity index (χ1v) is 9.91. The predicted molar refractivity (Wildman–Crippen MR) is 109 cm³/mol. The summed E-state index contributed by atoms with van der Waals surface area (Å²) in [6.45, 7) is 4.11. The maximum Gasteiger partial charge on any atom is 0.133 e. The van der Waals surface area contributed by atoms with Gasteiger partial charge >= 0.3 is 0 Å². The van der Waals surface area contributed by atoms with E-state index in [-0.39, 0.29) is 0 Å². The van der Waals surface area contributed by atoms with Crippen molar-refractivity contribution in [2.24, 2.45) is 0 Å². The van der Waals surface area contributed by atoms with E-state index in [0.29, 0.717) is 6.04 Å². The van der Waals surface area contributed by atoms with E-state index in [1.807, 2.05) is 6.07 Å². The van der Waals surface area contributed by atoms with Crippen molar-refractivity contribution in [1.29, 1.82) is 0 Å². The Morgan fingerprint density at radius 2 is 1.77 bits per heavy atom. The van der Waals surface area contributed by atoms with E-state index >= 15 is 0 Å². The lowest BCUT2D eigenvalue weighted by atomic mass is 10.0. The minimum atomic E-state index is 0.394. The monoisotopic (exact) mass is 418 g/mol. The van der Waals surface area contributed by atoms with E-state index in [4.69, 9.17) is 9.47 Å². The Kier molecular flexibility index (Phi) is 6.94. The molecule has 2 aromatic carbocycles. The van der Waals surface area contributed by atoms with Crippen molar-refractivity contribution in [1.82, 2.24) is 10.2 Å². The Morgan fingerprint density at radius 1 is 1.04 bits per heavy atom. The van der Waals surface area contributed by atoms with Gasteiger partial charge in [-0.1, -0.05) is 18.2 Å². The van der Waals surface area contributed by atoms with Crippen LogP contribution in [0.25, 0.3) is 0 Å². The molecule has 26 heavy (non-hydrogen) atoms. The van der Waals surface area contributed by atoms with Gasteiger partial charge in [0.1, 0.15) is 11.5 Å². The highest BCUT2D eigenvalue weighted by Gasteiger charge is 2.23. The van der Waals surface area contributed by atoms with Crippen LogP contribution in [0.3, 0.4) is 0 Å². The molecule has 1 fully saturated rings. The second-order valence-electron chi connectivity index (χ2n) is 6.63. The van der Waals surface area contributed by atoms with Crippen LogP contribution in [0.15, 0.2) is 46.9 Å². The number of nitrogens with one attached hydrogen (secondary N) is 1. The fourth-order valence-electron chi connectivity index (χ4n) is 3.51. The molecule has 2 aromatic rings. The van der Waals surface area contributed by atoms with E-state index in [2.05, 4.69) is 62.5 Å². The van der Waals surface area contributed by atoms with Crippen molar-refractivity contribution in [3.05, 3.63) is 58.1 Å². The van der Waals surface area contributed by atoms with Gasteiger partial charge in [0.15, 0.2) is 0 Å². The first-order chi connectivity index (χ1) is 12.7. The predicted octanol–water partition coefficient (Wildman–Crippen LogP) is 4.39. The van der Waals surface area contributed by atoms with Crippen LogP contribution in [0.2, 0.25) is 0 Å². The summed E-state index contributed by atoms with van der Waals surface area (Å²) in [7, 11) is 3.40. The Hall–Kier alpha value is -1.56. The summed E-state index contributed by atoms with van der Waals surface area (Å²) < 4.78 is 11.6. The molecule has 3 rings (SSSR count). The highest BCUT2D eigenvalue weighted by atomic mass is 79.9. The number of methoxy groups -OCH3 is 2. The lowest BCUT2D eigenvalue weighted by molar-refractivity contribution is 0.238. The molecule has 1 heterocycles. The number of hydrogen-bond acceptors (Lipinski definition) is 4. The summed E-state index contributed by atoms with van der Waals surface area (Å²) in [5.74, 6) is 1.77. The lowest BCUT2D eigenvalue weighted by Crippen LogP contribution is -2.34. The number of halogens is 1. The van der Waals surface area contributed by atoms with E-state index in [9.17, 15) is 0 Å². The zero-order valence-electron chi connectivity index (χ0n) is 15.5. The fraction of sp³-hybridized carbons (Fsp3) is 0.429. The highest BCUT2D eigenvalue weighted by Crippen LogP contribution is 2.27. The Balaban J connectivity index is 1.64. The molecule has 0 aromatic heterocycles. The molecular formula is C21H27BrN2O2. The molecule has 1 saturated heterocycles. The molecule has 5 heteroatoms. The fourth-order valence-corrected chi connectivity index (χ4v) is 4.10. The van der Waals surface area contributed by atoms with Crippen LogP contribution in [0, 0.1) is 0 Å². The van der Waals surface area contributed by atoms with Crippen molar-refractivity contribution < 1.29 is 9.47 Å². The van der Waals surface area contributed by atoms with Gasteiger partial charge in [-0.2, -0.15) is 0 Å². The smallest absolute Gasteiger partial charge is 0.133 e. The molecule has 1 N–H and O–H groups in total. The summed E-state index contributed by atoms with van der Waals surface area (Å²) in [6, 6.07) is 15.1. The van der Waals surface area contributed by atoms with Gasteiger partial charge in [-0.25, -0.2) is 0 Å². The quantitative estimate of drug-likeness (QED) is 0.688. The van der Waals surface area contributed by atoms with Gasteiger partial charge in [-0.3, -0.25) is 4.90 Å². The van der Waals surface area contributed by atoms with Gasteiger partial charge in [0, 0.05) is 19.1 Å². The molecule has 0 spiro atoms. The second-order valence-corrected chi connectivity index (χ2v) is 7.49. The Bertz CT molecular complexity index is 700. The van der Waals surface area contributed by atoms with Crippen molar-refractivity contribution in [3.63, 3.8) is 0 Å². The standard InChI is InChI=1S/C21H27BrN2O2/c1-25-18-8-6-17(7-9-18)20(24-11-3-4-12-24)15-23-14-16-5-10-21(26-2)19(22)13-16/h5-10,13,20,23H,3-4,11-12,14-15H2,1-2H3. The molecule has 0 bridgehead atoms. The van der Waals surface area contributed by atoms with Crippen LogP contribution in [0.4, 0.5) is 0 Å². The zero-order chi connectivity index (χ0) is 18.4. The zero-order valence-corrected chi connectivity index (χ0v) is 17.1. The van der Waals surface area contributed by atoms with Crippen molar-refractivity contribution >= 4 is 15.9 Å². The molecule has 1 aliphatic rings. The number of likely N-dealkylation sites (tertiary alicyclic amines) is 1. The highest BCUT2D eigenvalue weighted by molar-refractivity contribution is 9.10. The van der Waals surface area contributed by atoms with Crippen LogP contribution in [-0.4, -0.2) is 38.8 Å². The number of ether oxygens (including phenoxy) is 2. The van der Waals surface area contributed by atoms with E-state index in [0.717, 1.165) is 29.1 Å². The second kappa shape index (κ2) is 9.40.